The van der Waals surface area contributed by atoms with E-state index >= 15 is 0 Å². The summed E-state index contributed by atoms with van der Waals surface area (Å²) in [4.78, 5) is 0. The largest absolute Gasteiger partial charge is 0.377 e. The number of aliphatic hydroxyl groups is 1. The van der Waals surface area contributed by atoms with Gasteiger partial charge in [0.1, 0.15) is 0 Å². The molecule has 0 aromatic heterocycles. The third kappa shape index (κ3) is 5.51. The number of hydrogen-bond acceptors (Lipinski definition) is 4. The molecular weight excluding hydrogens is 369 g/mol. The highest BCUT2D eigenvalue weighted by Crippen LogP contribution is 2.61. The summed E-state index contributed by atoms with van der Waals surface area (Å²) in [6.45, 7) is 0. The Morgan fingerprint density at radius 2 is 1.23 bits per heavy atom. The van der Waals surface area contributed by atoms with Gasteiger partial charge in [-0.3, -0.25) is 4.57 Å². The molecule has 2 fully saturated rings. The van der Waals surface area contributed by atoms with Crippen molar-refractivity contribution in [2.75, 3.05) is 0 Å². The average Bonchev–Trinajstić information content (AvgIpc) is 2.47. The summed E-state index contributed by atoms with van der Waals surface area (Å²) in [5.41, 5.74) is 0. The Morgan fingerprint density at radius 1 is 0.864 bits per heavy atom. The van der Waals surface area contributed by atoms with E-state index in [1.807, 2.05) is 0 Å². The number of halogens is 3. The van der Waals surface area contributed by atoms with Gasteiger partial charge in [0, 0.05) is 0 Å². The van der Waals surface area contributed by atoms with Gasteiger partial charge >= 0.3 is 7.60 Å². The predicted molar refractivity (Wildman–Crippen MR) is 89.8 cm³/mol. The second-order valence-electron chi connectivity index (χ2n) is 6.19. The maximum absolute atomic E-state index is 13.1. The molecule has 1 atom stereocenters. The van der Waals surface area contributed by atoms with Gasteiger partial charge in [-0.25, -0.2) is 0 Å². The van der Waals surface area contributed by atoms with Gasteiger partial charge in [0.25, 0.3) is 0 Å². The molecular formula is C14H24Cl3O4P. The minimum atomic E-state index is -3.91. The summed E-state index contributed by atoms with van der Waals surface area (Å²) in [7, 11) is -3.91. The van der Waals surface area contributed by atoms with Gasteiger partial charge < -0.3 is 14.2 Å². The second kappa shape index (κ2) is 8.38. The van der Waals surface area contributed by atoms with Gasteiger partial charge in [0.2, 0.25) is 9.64 Å². The van der Waals surface area contributed by atoms with Gasteiger partial charge in [-0.1, -0.05) is 73.3 Å². The summed E-state index contributed by atoms with van der Waals surface area (Å²) in [5.74, 6) is -1.77. The van der Waals surface area contributed by atoms with Crippen LogP contribution in [-0.2, 0) is 13.6 Å². The van der Waals surface area contributed by atoms with Crippen LogP contribution in [0.1, 0.15) is 64.2 Å². The van der Waals surface area contributed by atoms with Crippen LogP contribution in [0.5, 0.6) is 0 Å². The lowest BCUT2D eigenvalue weighted by Gasteiger charge is -2.35. The van der Waals surface area contributed by atoms with Gasteiger partial charge in [-0.15, -0.1) is 0 Å². The molecule has 0 heterocycles. The maximum Gasteiger partial charge on any atom is 0.363 e. The van der Waals surface area contributed by atoms with Crippen LogP contribution in [0.2, 0.25) is 0 Å². The van der Waals surface area contributed by atoms with E-state index in [-0.39, 0.29) is 12.2 Å². The van der Waals surface area contributed by atoms with E-state index in [4.69, 9.17) is 43.9 Å². The average molecular weight is 394 g/mol. The van der Waals surface area contributed by atoms with Crippen LogP contribution in [-0.4, -0.2) is 27.0 Å². The van der Waals surface area contributed by atoms with Gasteiger partial charge in [0.15, 0.2) is 0 Å². The molecule has 0 saturated heterocycles. The van der Waals surface area contributed by atoms with Crippen molar-refractivity contribution in [3.8, 4) is 0 Å². The molecule has 2 aliphatic rings. The topological polar surface area (TPSA) is 55.8 Å². The Balaban J connectivity index is 2.09. The molecule has 0 aromatic rings. The number of alkyl halides is 3. The second-order valence-corrected chi connectivity index (χ2v) is 10.5. The van der Waals surface area contributed by atoms with Crippen LogP contribution in [0.3, 0.4) is 0 Å². The van der Waals surface area contributed by atoms with Crippen LogP contribution in [0.15, 0.2) is 0 Å². The first-order chi connectivity index (χ1) is 10.3. The molecule has 1 N–H and O–H groups in total. The van der Waals surface area contributed by atoms with Crippen molar-refractivity contribution in [1.29, 1.82) is 0 Å². The summed E-state index contributed by atoms with van der Waals surface area (Å²) < 4.78 is 22.5. The van der Waals surface area contributed by atoms with E-state index in [1.165, 1.54) is 0 Å². The minimum absolute atomic E-state index is 0.204. The van der Waals surface area contributed by atoms with Crippen LogP contribution in [0.25, 0.3) is 0 Å². The molecule has 2 aliphatic carbocycles. The monoisotopic (exact) mass is 392 g/mol. The Labute approximate surface area is 147 Å². The normalized spacial score (nSPS) is 24.4. The third-order valence-electron chi connectivity index (χ3n) is 4.29. The van der Waals surface area contributed by atoms with E-state index in [9.17, 15) is 9.67 Å². The molecule has 0 radical (unpaired) electrons. The van der Waals surface area contributed by atoms with Crippen molar-refractivity contribution in [3.05, 3.63) is 0 Å². The summed E-state index contributed by atoms with van der Waals surface area (Å²) in [6, 6.07) is 0. The fraction of sp³-hybridized carbons (Fsp3) is 1.00. The van der Waals surface area contributed by atoms with Crippen molar-refractivity contribution in [2.45, 2.75) is 86.1 Å². The number of hydrogen-bond donors (Lipinski definition) is 1. The molecule has 8 heteroatoms. The highest BCUT2D eigenvalue weighted by Gasteiger charge is 2.50. The minimum Gasteiger partial charge on any atom is -0.377 e. The van der Waals surface area contributed by atoms with Crippen LogP contribution in [0, 0.1) is 0 Å². The first-order valence-electron chi connectivity index (χ1n) is 8.02. The van der Waals surface area contributed by atoms with E-state index in [0.29, 0.717) is 0 Å². The van der Waals surface area contributed by atoms with E-state index in [2.05, 4.69) is 0 Å². The lowest BCUT2D eigenvalue weighted by Crippen LogP contribution is -2.32. The van der Waals surface area contributed by atoms with Gasteiger partial charge in [0.05, 0.1) is 12.2 Å². The quantitative estimate of drug-likeness (QED) is 0.490. The number of aliphatic hydroxyl groups excluding tert-OH is 1. The molecule has 130 valence electrons. The van der Waals surface area contributed by atoms with Crippen LogP contribution < -0.4 is 0 Å². The third-order valence-corrected chi connectivity index (χ3v) is 7.54. The molecule has 1 unspecified atom stereocenters. The molecule has 22 heavy (non-hydrogen) atoms. The first-order valence-corrected chi connectivity index (χ1v) is 10.8. The molecule has 0 bridgehead atoms. The smallest absolute Gasteiger partial charge is 0.363 e. The lowest BCUT2D eigenvalue weighted by atomic mass is 9.98. The van der Waals surface area contributed by atoms with E-state index in [1.54, 1.807) is 0 Å². The van der Waals surface area contributed by atoms with E-state index < -0.39 is 17.2 Å². The van der Waals surface area contributed by atoms with Crippen molar-refractivity contribution >= 4 is 42.4 Å². The summed E-state index contributed by atoms with van der Waals surface area (Å²) >= 11 is 17.3. The SMILES string of the molecule is O=P(OC1CCCCC1)(OC1CCCCC1)C(O)C(Cl)(Cl)Cl. The zero-order chi connectivity index (χ0) is 16.2. The first kappa shape index (κ1) is 19.3. The van der Waals surface area contributed by atoms with Gasteiger partial charge in [-0.05, 0) is 25.7 Å². The lowest BCUT2D eigenvalue weighted by molar-refractivity contribution is 0.0552. The highest BCUT2D eigenvalue weighted by atomic mass is 35.6. The molecule has 0 aromatic carbocycles. The molecule has 2 saturated carbocycles. The van der Waals surface area contributed by atoms with Crippen molar-refractivity contribution < 1.29 is 18.7 Å². The molecule has 4 nitrogen and oxygen atoms in total. The van der Waals surface area contributed by atoms with Crippen molar-refractivity contribution in [2.24, 2.45) is 0 Å². The summed E-state index contributed by atoms with van der Waals surface area (Å²) in [6.07, 6.45) is 9.10. The molecule has 2 rings (SSSR count). The fourth-order valence-corrected chi connectivity index (χ4v) is 6.04. The molecule has 0 aliphatic heterocycles. The summed E-state index contributed by atoms with van der Waals surface area (Å²) in [5, 5.41) is 10.3. The Hall–Kier alpha value is 0.980. The highest BCUT2D eigenvalue weighted by molar-refractivity contribution is 7.55. The maximum atomic E-state index is 13.1. The van der Waals surface area contributed by atoms with Crippen molar-refractivity contribution in [3.63, 3.8) is 0 Å². The predicted octanol–water partition coefficient (Wildman–Crippen LogP) is 5.57. The fourth-order valence-electron chi connectivity index (χ4n) is 3.08. The van der Waals surface area contributed by atoms with Crippen LogP contribution >= 0.6 is 42.4 Å². The molecule has 0 spiro atoms. The molecule has 0 amide bonds. The Kier molecular flexibility index (Phi) is 7.35. The van der Waals surface area contributed by atoms with Crippen LogP contribution in [0.4, 0.5) is 0 Å². The van der Waals surface area contributed by atoms with E-state index in [0.717, 1.165) is 64.2 Å². The zero-order valence-corrected chi connectivity index (χ0v) is 15.7. The van der Waals surface area contributed by atoms with Gasteiger partial charge in [-0.2, -0.15) is 0 Å². The number of rotatable bonds is 5. The Bertz CT molecular complexity index is 366. The Morgan fingerprint density at radius 3 is 1.55 bits per heavy atom. The standard InChI is InChI=1S/C14H24Cl3O4P/c15-14(16,17)13(18)22(19,20-11-7-3-1-4-8-11)21-12-9-5-2-6-10-12/h11-13,18H,1-10H2. The zero-order valence-electron chi connectivity index (χ0n) is 12.6. The van der Waals surface area contributed by atoms with Crippen molar-refractivity contribution in [1.82, 2.24) is 0 Å².